The van der Waals surface area contributed by atoms with Crippen LogP contribution in [0.2, 0.25) is 0 Å². The summed E-state index contributed by atoms with van der Waals surface area (Å²) in [6.07, 6.45) is 0. The molecule has 0 heterocycles. The van der Waals surface area contributed by atoms with Crippen LogP contribution in [0.1, 0.15) is 31.8 Å². The number of benzene rings is 2. The smallest absolute Gasteiger partial charge is 0.311 e. The molecule has 0 saturated heterocycles. The van der Waals surface area contributed by atoms with Crippen molar-refractivity contribution >= 4 is 22.9 Å². The highest BCUT2D eigenvalue weighted by molar-refractivity contribution is 6.29. The number of hydrogen-bond donors (Lipinski definition) is 2. The summed E-state index contributed by atoms with van der Waals surface area (Å²) in [7, 11) is 0. The zero-order chi connectivity index (χ0) is 17.8. The first kappa shape index (κ1) is 15.1. The number of carbonyl (C=O) groups excluding carboxylic acids is 2. The molecule has 1 aliphatic carbocycles. The Morgan fingerprint density at radius 1 is 0.667 bits per heavy atom. The molecule has 1 aliphatic rings. The molecular formula is C14H6N2O8. The minimum Gasteiger partial charge on any atom is -0.502 e. The van der Waals surface area contributed by atoms with Gasteiger partial charge in [-0.1, -0.05) is 0 Å². The molecule has 2 N–H and O–H groups in total. The predicted molar refractivity (Wildman–Crippen MR) is 76.4 cm³/mol. The van der Waals surface area contributed by atoms with E-state index in [2.05, 4.69) is 0 Å². The number of nitro groups is 2. The average Bonchev–Trinajstić information content (AvgIpc) is 2.51. The Hall–Kier alpha value is -3.82. The van der Waals surface area contributed by atoms with Crippen LogP contribution < -0.4 is 0 Å². The maximum atomic E-state index is 12.5. The summed E-state index contributed by atoms with van der Waals surface area (Å²) in [5.41, 5.74) is -2.82. The third kappa shape index (κ3) is 1.97. The molecule has 24 heavy (non-hydrogen) atoms. The molecule has 0 amide bonds. The van der Waals surface area contributed by atoms with Crippen LogP contribution in [0, 0.1) is 20.2 Å². The molecule has 0 atom stereocenters. The van der Waals surface area contributed by atoms with E-state index < -0.39 is 44.3 Å². The van der Waals surface area contributed by atoms with Gasteiger partial charge in [0.15, 0.2) is 23.1 Å². The van der Waals surface area contributed by atoms with Crippen LogP contribution in [0.25, 0.3) is 0 Å². The fraction of sp³-hybridized carbons (Fsp3) is 0. The van der Waals surface area contributed by atoms with Gasteiger partial charge in [-0.3, -0.25) is 29.8 Å². The highest BCUT2D eigenvalue weighted by Crippen LogP contribution is 2.38. The number of rotatable bonds is 2. The summed E-state index contributed by atoms with van der Waals surface area (Å²) in [5, 5.41) is 40.9. The molecule has 10 nitrogen and oxygen atoms in total. The van der Waals surface area contributed by atoms with Gasteiger partial charge in [-0.15, -0.1) is 0 Å². The predicted octanol–water partition coefficient (Wildman–Crippen LogP) is 1.69. The minimum absolute atomic E-state index is 0.288. The fourth-order valence-corrected chi connectivity index (χ4v) is 2.49. The molecule has 120 valence electrons. The number of nitrogens with zero attached hydrogens (tertiary/aromatic N) is 2. The highest BCUT2D eigenvalue weighted by atomic mass is 16.6. The molecule has 10 heteroatoms. The van der Waals surface area contributed by atoms with Crippen LogP contribution in [0.5, 0.6) is 11.5 Å². The number of phenols is 2. The zero-order valence-electron chi connectivity index (χ0n) is 11.5. The first-order chi connectivity index (χ1) is 11.2. The molecule has 0 aliphatic heterocycles. The lowest BCUT2D eigenvalue weighted by atomic mass is 9.83. The lowest BCUT2D eigenvalue weighted by Gasteiger charge is -2.17. The van der Waals surface area contributed by atoms with Crippen molar-refractivity contribution in [3.8, 4) is 11.5 Å². The fourth-order valence-electron chi connectivity index (χ4n) is 2.49. The second-order valence-electron chi connectivity index (χ2n) is 4.95. The van der Waals surface area contributed by atoms with Crippen LogP contribution in [-0.2, 0) is 0 Å². The third-order valence-electron chi connectivity index (χ3n) is 3.60. The Kier molecular flexibility index (Phi) is 3.04. The van der Waals surface area contributed by atoms with Crippen LogP contribution in [-0.4, -0.2) is 31.6 Å². The van der Waals surface area contributed by atoms with Gasteiger partial charge in [-0.25, -0.2) is 0 Å². The second kappa shape index (κ2) is 4.84. The van der Waals surface area contributed by atoms with Gasteiger partial charge in [0.2, 0.25) is 0 Å². The largest absolute Gasteiger partial charge is 0.502 e. The van der Waals surface area contributed by atoms with E-state index >= 15 is 0 Å². The lowest BCUT2D eigenvalue weighted by molar-refractivity contribution is -0.386. The molecule has 2 aromatic carbocycles. The number of fused-ring (bicyclic) bond motifs is 2. The zero-order valence-corrected chi connectivity index (χ0v) is 11.5. The van der Waals surface area contributed by atoms with Gasteiger partial charge in [-0.2, -0.15) is 0 Å². The number of ketones is 2. The standard InChI is InChI=1S/C14H6N2O8/c17-11-3-7-5(1-9(11)15(21)22)13(19)6-2-10(16(23)24)12(18)4-8(6)14(7)20/h1-4,17-18H. The SMILES string of the molecule is O=C1c2cc(O)c([N+](=O)[O-])cc2C(=O)c2cc([N+](=O)[O-])c(O)cc21. The molecule has 2 aromatic rings. The number of hydrogen-bond acceptors (Lipinski definition) is 8. The minimum atomic E-state index is -0.928. The van der Waals surface area contributed by atoms with Gasteiger partial charge < -0.3 is 10.2 Å². The van der Waals surface area contributed by atoms with Gasteiger partial charge >= 0.3 is 11.4 Å². The lowest BCUT2D eigenvalue weighted by Crippen LogP contribution is -2.21. The van der Waals surface area contributed by atoms with Gasteiger partial charge in [0, 0.05) is 34.4 Å². The summed E-state index contributed by atoms with van der Waals surface area (Å²) >= 11 is 0. The number of phenolic OH excluding ortho intramolecular Hbond substituents is 2. The van der Waals surface area contributed by atoms with Crippen LogP contribution >= 0.6 is 0 Å². The molecule has 0 aromatic heterocycles. The molecule has 0 radical (unpaired) electrons. The van der Waals surface area contributed by atoms with Crippen molar-refractivity contribution in [3.05, 3.63) is 66.7 Å². The van der Waals surface area contributed by atoms with E-state index in [0.29, 0.717) is 0 Å². The van der Waals surface area contributed by atoms with Gasteiger partial charge in [0.05, 0.1) is 9.85 Å². The number of carbonyl (C=O) groups is 2. The quantitative estimate of drug-likeness (QED) is 0.530. The Morgan fingerprint density at radius 2 is 0.958 bits per heavy atom. The van der Waals surface area contributed by atoms with Crippen LogP contribution in [0.4, 0.5) is 11.4 Å². The summed E-state index contributed by atoms with van der Waals surface area (Å²) in [6.45, 7) is 0. The van der Waals surface area contributed by atoms with Crippen molar-refractivity contribution < 1.29 is 29.6 Å². The van der Waals surface area contributed by atoms with E-state index in [9.17, 15) is 40.0 Å². The average molecular weight is 330 g/mol. The van der Waals surface area contributed by atoms with Crippen molar-refractivity contribution in [3.63, 3.8) is 0 Å². The Labute approximate surface area is 131 Å². The first-order valence-electron chi connectivity index (χ1n) is 6.34. The summed E-state index contributed by atoms with van der Waals surface area (Å²) in [6, 6.07) is 3.06. The highest BCUT2D eigenvalue weighted by Gasteiger charge is 2.35. The van der Waals surface area contributed by atoms with Gasteiger partial charge in [0.1, 0.15) is 0 Å². The monoisotopic (exact) mass is 330 g/mol. The number of nitro benzene ring substituents is 2. The topological polar surface area (TPSA) is 161 Å². The molecule has 0 saturated carbocycles. The molecular weight excluding hydrogens is 324 g/mol. The van der Waals surface area contributed by atoms with Crippen molar-refractivity contribution in [1.82, 2.24) is 0 Å². The van der Waals surface area contributed by atoms with Gasteiger partial charge in [0.25, 0.3) is 0 Å². The molecule has 3 rings (SSSR count). The molecule has 0 unspecified atom stereocenters. The summed E-state index contributed by atoms with van der Waals surface area (Å²) < 4.78 is 0. The van der Waals surface area contributed by atoms with Crippen LogP contribution in [0.3, 0.4) is 0 Å². The molecule has 0 bridgehead atoms. The molecule has 0 spiro atoms. The third-order valence-corrected chi connectivity index (χ3v) is 3.60. The van der Waals surface area contributed by atoms with Crippen molar-refractivity contribution in [2.75, 3.05) is 0 Å². The number of aromatic hydroxyl groups is 2. The van der Waals surface area contributed by atoms with Gasteiger partial charge in [-0.05, 0) is 12.1 Å². The Bertz CT molecular complexity index is 904. The van der Waals surface area contributed by atoms with Crippen molar-refractivity contribution in [2.45, 2.75) is 0 Å². The van der Waals surface area contributed by atoms with E-state index in [4.69, 9.17) is 0 Å². The van der Waals surface area contributed by atoms with Crippen molar-refractivity contribution in [1.29, 1.82) is 0 Å². The van der Waals surface area contributed by atoms with E-state index in [0.717, 1.165) is 24.3 Å². The van der Waals surface area contributed by atoms with E-state index in [1.54, 1.807) is 0 Å². The summed E-state index contributed by atoms with van der Waals surface area (Å²) in [5.74, 6) is -3.25. The van der Waals surface area contributed by atoms with Crippen molar-refractivity contribution in [2.24, 2.45) is 0 Å². The maximum absolute atomic E-state index is 12.5. The maximum Gasteiger partial charge on any atom is 0.311 e. The van der Waals surface area contributed by atoms with E-state index in [-0.39, 0.29) is 22.3 Å². The van der Waals surface area contributed by atoms with Crippen LogP contribution in [0.15, 0.2) is 24.3 Å². The normalized spacial score (nSPS) is 12.5. The molecule has 0 fully saturated rings. The van der Waals surface area contributed by atoms with E-state index in [1.165, 1.54) is 0 Å². The first-order valence-corrected chi connectivity index (χ1v) is 6.34. The summed E-state index contributed by atoms with van der Waals surface area (Å²) in [4.78, 5) is 44.7. The Balaban J connectivity index is 2.30. The Morgan fingerprint density at radius 3 is 1.25 bits per heavy atom. The van der Waals surface area contributed by atoms with E-state index in [1.807, 2.05) is 0 Å². The second-order valence-corrected chi connectivity index (χ2v) is 4.95.